The summed E-state index contributed by atoms with van der Waals surface area (Å²) in [6, 6.07) is 15.9. The van der Waals surface area contributed by atoms with Gasteiger partial charge in [0, 0.05) is 0 Å². The molecule has 0 N–H and O–H groups in total. The van der Waals surface area contributed by atoms with E-state index in [9.17, 15) is 0 Å². The molecule has 0 nitrogen and oxygen atoms in total. The molecule has 106 valence electrons. The van der Waals surface area contributed by atoms with Crippen molar-refractivity contribution in [3.05, 3.63) is 70.8 Å². The summed E-state index contributed by atoms with van der Waals surface area (Å²) < 4.78 is 0. The third-order valence-electron chi connectivity index (χ3n) is 4.69. The van der Waals surface area contributed by atoms with Crippen LogP contribution < -0.4 is 5.46 Å². The van der Waals surface area contributed by atoms with E-state index < -0.39 is 0 Å². The fourth-order valence-corrected chi connectivity index (χ4v) is 3.19. The first-order chi connectivity index (χ1) is 10.0. The lowest BCUT2D eigenvalue weighted by Gasteiger charge is -2.33. The number of hydrogen-bond donors (Lipinski definition) is 0. The van der Waals surface area contributed by atoms with Crippen molar-refractivity contribution < 1.29 is 0 Å². The second-order valence-corrected chi connectivity index (χ2v) is 6.81. The van der Waals surface area contributed by atoms with Crippen molar-refractivity contribution in [1.82, 2.24) is 0 Å². The molecule has 21 heavy (non-hydrogen) atoms. The summed E-state index contributed by atoms with van der Waals surface area (Å²) >= 11 is 0. The van der Waals surface area contributed by atoms with Crippen LogP contribution >= 0.6 is 0 Å². The summed E-state index contributed by atoms with van der Waals surface area (Å²) in [5, 5.41) is 0. The first-order valence-corrected chi connectivity index (χ1v) is 7.92. The number of aryl methyl sites for hydroxylation is 1. The predicted octanol–water partition coefficient (Wildman–Crippen LogP) is 4.22. The van der Waals surface area contributed by atoms with Gasteiger partial charge >= 0.3 is 0 Å². The summed E-state index contributed by atoms with van der Waals surface area (Å²) in [5.74, 6) is 0. The summed E-state index contributed by atoms with van der Waals surface area (Å²) in [7, 11) is 1.10. The zero-order chi connectivity index (χ0) is 15.0. The maximum Gasteiger partial charge on any atom is 0.154 e. The van der Waals surface area contributed by atoms with Crippen LogP contribution in [0.2, 0.25) is 6.82 Å². The van der Waals surface area contributed by atoms with E-state index in [0.29, 0.717) is 0 Å². The Bertz CT molecular complexity index is 690. The van der Waals surface area contributed by atoms with Crippen molar-refractivity contribution >= 4 is 18.3 Å². The van der Waals surface area contributed by atoms with Crippen molar-refractivity contribution in [3.63, 3.8) is 0 Å². The molecular formula is C20H23B. The highest BCUT2D eigenvalue weighted by Gasteiger charge is 2.28. The van der Waals surface area contributed by atoms with E-state index in [1.807, 2.05) is 0 Å². The highest BCUT2D eigenvalue weighted by Crippen LogP contribution is 2.40. The highest BCUT2D eigenvalue weighted by atomic mass is 14.3. The van der Waals surface area contributed by atoms with E-state index in [-0.39, 0.29) is 5.41 Å². The molecule has 0 aliphatic heterocycles. The Labute approximate surface area is 129 Å². The van der Waals surface area contributed by atoms with Crippen molar-refractivity contribution in [2.24, 2.45) is 0 Å². The molecule has 0 saturated heterocycles. The molecule has 0 fully saturated rings. The molecule has 3 rings (SSSR count). The molecule has 0 unspecified atom stereocenters. The molecule has 1 aliphatic rings. The van der Waals surface area contributed by atoms with Crippen LogP contribution in [0, 0.1) is 6.92 Å². The molecule has 1 aliphatic carbocycles. The molecular weight excluding hydrogens is 251 g/mol. The van der Waals surface area contributed by atoms with Crippen molar-refractivity contribution in [1.29, 1.82) is 0 Å². The van der Waals surface area contributed by atoms with Gasteiger partial charge in [-0.2, -0.15) is 0 Å². The van der Waals surface area contributed by atoms with E-state index in [1.54, 1.807) is 0 Å². The Morgan fingerprint density at radius 3 is 2.38 bits per heavy atom. The Hall–Kier alpha value is -1.76. The molecule has 0 heterocycles. The SMILES string of the molecule is CBc1ccc2c(c1)C(C)(C)CC=C2c1ccc(C)cc1. The first kappa shape index (κ1) is 14.2. The van der Waals surface area contributed by atoms with Gasteiger partial charge in [-0.25, -0.2) is 0 Å². The minimum Gasteiger partial charge on any atom is -0.0849 e. The third-order valence-corrected chi connectivity index (χ3v) is 4.69. The zero-order valence-electron chi connectivity index (χ0n) is 13.5. The van der Waals surface area contributed by atoms with Gasteiger partial charge in [-0.3, -0.25) is 0 Å². The quantitative estimate of drug-likeness (QED) is 0.719. The Morgan fingerprint density at radius 2 is 1.71 bits per heavy atom. The topological polar surface area (TPSA) is 0 Å². The molecule has 0 spiro atoms. The van der Waals surface area contributed by atoms with Crippen LogP contribution in [0.15, 0.2) is 48.5 Å². The maximum absolute atomic E-state index is 2.42. The van der Waals surface area contributed by atoms with Gasteiger partial charge in [-0.1, -0.05) is 80.2 Å². The number of hydrogen-bond acceptors (Lipinski definition) is 0. The lowest BCUT2D eigenvalue weighted by atomic mass is 9.66. The second kappa shape index (κ2) is 5.22. The monoisotopic (exact) mass is 274 g/mol. The maximum atomic E-state index is 2.42. The molecule has 0 radical (unpaired) electrons. The van der Waals surface area contributed by atoms with Gasteiger partial charge in [0.05, 0.1) is 0 Å². The summed E-state index contributed by atoms with van der Waals surface area (Å²) in [5.41, 5.74) is 8.62. The van der Waals surface area contributed by atoms with Crippen LogP contribution in [0.5, 0.6) is 0 Å². The molecule has 2 aromatic carbocycles. The standard InChI is InChI=1S/C20H23B/c1-14-5-7-15(8-6-14)17-11-12-20(2,3)19-13-16(21-4)9-10-18(17)19/h5-11,13,21H,12H2,1-4H3. The van der Waals surface area contributed by atoms with E-state index >= 15 is 0 Å². The molecule has 0 atom stereocenters. The Balaban J connectivity index is 2.14. The average molecular weight is 274 g/mol. The fraction of sp³-hybridized carbons (Fsp3) is 0.300. The summed E-state index contributed by atoms with van der Waals surface area (Å²) in [4.78, 5) is 0. The van der Waals surface area contributed by atoms with Gasteiger partial charge in [0.25, 0.3) is 0 Å². The molecule has 1 heteroatoms. The lowest BCUT2D eigenvalue weighted by Crippen LogP contribution is -2.25. The van der Waals surface area contributed by atoms with Crippen LogP contribution in [0.3, 0.4) is 0 Å². The van der Waals surface area contributed by atoms with E-state index in [4.69, 9.17) is 0 Å². The van der Waals surface area contributed by atoms with Crippen molar-refractivity contribution in [2.45, 2.75) is 39.4 Å². The van der Waals surface area contributed by atoms with Gasteiger partial charge in [-0.05, 0) is 41.0 Å². The van der Waals surface area contributed by atoms with Crippen LogP contribution in [0.25, 0.3) is 5.57 Å². The summed E-state index contributed by atoms with van der Waals surface area (Å²) in [6.07, 6.45) is 3.52. The number of benzene rings is 2. The number of rotatable bonds is 2. The van der Waals surface area contributed by atoms with E-state index in [1.165, 1.54) is 33.3 Å². The van der Waals surface area contributed by atoms with E-state index in [0.717, 1.165) is 13.7 Å². The van der Waals surface area contributed by atoms with Gasteiger partial charge < -0.3 is 0 Å². The molecule has 0 bridgehead atoms. The van der Waals surface area contributed by atoms with Crippen LogP contribution in [0.4, 0.5) is 0 Å². The Kier molecular flexibility index (Phi) is 3.53. The fourth-order valence-electron chi connectivity index (χ4n) is 3.19. The van der Waals surface area contributed by atoms with Crippen molar-refractivity contribution in [2.75, 3.05) is 0 Å². The van der Waals surface area contributed by atoms with Crippen LogP contribution in [0.1, 0.15) is 42.5 Å². The molecule has 0 saturated carbocycles. The third kappa shape index (κ3) is 2.57. The number of fused-ring (bicyclic) bond motifs is 1. The van der Waals surface area contributed by atoms with Gasteiger partial charge in [0.2, 0.25) is 0 Å². The van der Waals surface area contributed by atoms with Crippen LogP contribution in [-0.4, -0.2) is 7.28 Å². The summed E-state index contributed by atoms with van der Waals surface area (Å²) in [6.45, 7) is 9.08. The lowest BCUT2D eigenvalue weighted by molar-refractivity contribution is 0.528. The van der Waals surface area contributed by atoms with Gasteiger partial charge in [0.15, 0.2) is 7.28 Å². The molecule has 0 aromatic heterocycles. The molecule has 0 amide bonds. The Morgan fingerprint density at radius 1 is 1.00 bits per heavy atom. The smallest absolute Gasteiger partial charge is 0.0849 e. The minimum absolute atomic E-state index is 0.231. The minimum atomic E-state index is 0.231. The number of allylic oxidation sites excluding steroid dienone is 1. The van der Waals surface area contributed by atoms with E-state index in [2.05, 4.69) is 76.1 Å². The zero-order valence-corrected chi connectivity index (χ0v) is 13.5. The van der Waals surface area contributed by atoms with Gasteiger partial charge in [-0.15, -0.1) is 0 Å². The second-order valence-electron chi connectivity index (χ2n) is 6.81. The predicted molar refractivity (Wildman–Crippen MR) is 95.0 cm³/mol. The van der Waals surface area contributed by atoms with Crippen molar-refractivity contribution in [3.8, 4) is 0 Å². The normalized spacial score (nSPS) is 16.1. The van der Waals surface area contributed by atoms with Crippen LogP contribution in [-0.2, 0) is 5.41 Å². The largest absolute Gasteiger partial charge is 0.154 e. The highest BCUT2D eigenvalue weighted by molar-refractivity contribution is 6.51. The van der Waals surface area contributed by atoms with Gasteiger partial charge in [0.1, 0.15) is 0 Å². The first-order valence-electron chi connectivity index (χ1n) is 7.92. The molecule has 2 aromatic rings. The average Bonchev–Trinajstić information content (AvgIpc) is 2.48.